The Morgan fingerprint density at radius 2 is 1.68 bits per heavy atom. The number of rotatable bonds is 5. The molecule has 0 bridgehead atoms. The molecule has 0 atom stereocenters. The quantitative estimate of drug-likeness (QED) is 0.636. The highest BCUT2D eigenvalue weighted by molar-refractivity contribution is 7.89. The van der Waals surface area contributed by atoms with E-state index in [-0.39, 0.29) is 11.4 Å². The Morgan fingerprint density at radius 1 is 1.14 bits per heavy atom. The molecule has 1 fully saturated rings. The molecule has 1 amide bonds. The molecular weight excluding hydrogens is 383 g/mol. The van der Waals surface area contributed by atoms with Crippen molar-refractivity contribution >= 4 is 28.7 Å². The van der Waals surface area contributed by atoms with Crippen LogP contribution >= 0.6 is 0 Å². The van der Waals surface area contributed by atoms with Crippen LogP contribution in [-0.4, -0.2) is 43.5 Å². The van der Waals surface area contributed by atoms with Gasteiger partial charge in [-0.1, -0.05) is 12.1 Å². The summed E-state index contributed by atoms with van der Waals surface area (Å²) in [6.07, 6.45) is -1.19. The fraction of sp³-hybridized carbons (Fsp3) is 0.611. The molecule has 1 saturated heterocycles. The topological polar surface area (TPSA) is 114 Å². The van der Waals surface area contributed by atoms with Gasteiger partial charge in [0.05, 0.1) is 16.1 Å². The van der Waals surface area contributed by atoms with Crippen LogP contribution in [0.3, 0.4) is 0 Å². The van der Waals surface area contributed by atoms with E-state index in [1.54, 1.807) is 32.9 Å². The molecule has 2 rings (SSSR count). The number of sulfonamides is 1. The maximum absolute atomic E-state index is 13.1. The first-order valence-electron chi connectivity index (χ1n) is 9.03. The van der Waals surface area contributed by atoms with E-state index in [1.165, 1.54) is 6.07 Å². The van der Waals surface area contributed by atoms with Gasteiger partial charge in [-0.2, -0.15) is 0 Å². The summed E-state index contributed by atoms with van der Waals surface area (Å²) in [5, 5.41) is 11.1. The third-order valence-corrected chi connectivity index (χ3v) is 6.57. The lowest BCUT2D eigenvalue weighted by molar-refractivity contribution is 0.00578. The average molecular weight is 412 g/mol. The van der Waals surface area contributed by atoms with Crippen molar-refractivity contribution in [2.45, 2.75) is 76.6 Å². The molecule has 1 aromatic carbocycles. The summed E-state index contributed by atoms with van der Waals surface area (Å²) < 4.78 is 40.9. The summed E-state index contributed by atoms with van der Waals surface area (Å²) in [7, 11) is -4.77. The van der Waals surface area contributed by atoms with Crippen LogP contribution in [-0.2, 0) is 25.9 Å². The van der Waals surface area contributed by atoms with Crippen LogP contribution in [0.25, 0.3) is 0 Å². The van der Waals surface area contributed by atoms with Crippen molar-refractivity contribution < 1.29 is 27.6 Å². The number of hydrogen-bond donors (Lipinski definition) is 3. The van der Waals surface area contributed by atoms with Gasteiger partial charge in [-0.3, -0.25) is 0 Å². The molecule has 28 heavy (non-hydrogen) atoms. The van der Waals surface area contributed by atoms with Crippen LogP contribution in [0.1, 0.15) is 54.0 Å². The lowest BCUT2D eigenvalue weighted by Crippen LogP contribution is -2.45. The van der Waals surface area contributed by atoms with Crippen molar-refractivity contribution in [3.05, 3.63) is 23.8 Å². The first-order chi connectivity index (χ1) is 12.5. The number of benzene rings is 1. The van der Waals surface area contributed by atoms with Crippen LogP contribution in [0.4, 0.5) is 4.79 Å². The largest absolute Gasteiger partial charge is 0.496 e. The number of amides is 1. The molecule has 0 unspecified atom stereocenters. The Kier molecular flexibility index (Phi) is 5.93. The number of carbonyl (C=O) groups is 1. The summed E-state index contributed by atoms with van der Waals surface area (Å²) in [5.74, 6) is 0. The van der Waals surface area contributed by atoms with E-state index in [0.29, 0.717) is 11.0 Å². The molecule has 0 aromatic heterocycles. The third kappa shape index (κ3) is 5.05. The van der Waals surface area contributed by atoms with E-state index in [4.69, 9.17) is 14.4 Å². The minimum Gasteiger partial charge on any atom is -0.465 e. The van der Waals surface area contributed by atoms with Gasteiger partial charge in [0.15, 0.2) is 0 Å². The second-order valence-electron chi connectivity index (χ2n) is 8.97. The molecule has 8 nitrogen and oxygen atoms in total. The molecule has 1 aliphatic rings. The molecule has 0 spiro atoms. The van der Waals surface area contributed by atoms with E-state index in [1.807, 2.05) is 27.7 Å². The van der Waals surface area contributed by atoms with Crippen LogP contribution in [0.2, 0.25) is 0 Å². The van der Waals surface area contributed by atoms with Gasteiger partial charge in [0.2, 0.25) is 10.0 Å². The Bertz CT molecular complexity index is 845. The molecule has 10 heteroatoms. The number of carboxylic acid groups (broad SMARTS) is 1. The molecule has 0 aliphatic carbocycles. The minimum absolute atomic E-state index is 0.00520. The maximum Gasteiger partial charge on any atom is 0.496 e. The molecule has 0 saturated carbocycles. The van der Waals surface area contributed by atoms with Crippen LogP contribution in [0.15, 0.2) is 23.1 Å². The maximum atomic E-state index is 13.1. The zero-order chi connectivity index (χ0) is 21.5. The Labute approximate surface area is 167 Å². The fourth-order valence-electron chi connectivity index (χ4n) is 2.72. The van der Waals surface area contributed by atoms with E-state index in [9.17, 15) is 13.2 Å². The first kappa shape index (κ1) is 22.7. The molecule has 1 heterocycles. The van der Waals surface area contributed by atoms with Crippen molar-refractivity contribution in [2.24, 2.45) is 0 Å². The van der Waals surface area contributed by atoms with Crippen molar-refractivity contribution in [3.8, 4) is 0 Å². The van der Waals surface area contributed by atoms with Gasteiger partial charge >= 0.3 is 13.2 Å². The average Bonchev–Trinajstić information content (AvgIpc) is 2.70. The molecule has 0 radical (unpaired) electrons. The summed E-state index contributed by atoms with van der Waals surface area (Å²) in [5.41, 5.74) is -1.06. The second-order valence-corrected chi connectivity index (χ2v) is 10.6. The zero-order valence-corrected chi connectivity index (χ0v) is 18.2. The predicted octanol–water partition coefficient (Wildman–Crippen LogP) is 1.83. The minimum atomic E-state index is -3.91. The van der Waals surface area contributed by atoms with E-state index in [0.717, 1.165) is 0 Å². The third-order valence-electron chi connectivity index (χ3n) is 4.76. The van der Waals surface area contributed by atoms with Gasteiger partial charge in [0.1, 0.15) is 0 Å². The lowest BCUT2D eigenvalue weighted by Gasteiger charge is -2.32. The Balaban J connectivity index is 2.52. The molecular formula is C18H29BN2O6S. The molecule has 1 aliphatic heterocycles. The number of nitrogens with one attached hydrogen (secondary N) is 2. The molecule has 156 valence electrons. The van der Waals surface area contributed by atoms with E-state index in [2.05, 4.69) is 10.0 Å². The fourth-order valence-corrected chi connectivity index (χ4v) is 4.42. The van der Waals surface area contributed by atoms with Crippen LogP contribution in [0.5, 0.6) is 0 Å². The zero-order valence-electron chi connectivity index (χ0n) is 17.4. The van der Waals surface area contributed by atoms with Crippen molar-refractivity contribution in [1.29, 1.82) is 0 Å². The predicted molar refractivity (Wildman–Crippen MR) is 107 cm³/mol. The van der Waals surface area contributed by atoms with Gasteiger partial charge in [0.25, 0.3) is 0 Å². The highest BCUT2D eigenvalue weighted by Gasteiger charge is 2.52. The molecule has 3 N–H and O–H groups in total. The van der Waals surface area contributed by atoms with Crippen molar-refractivity contribution in [3.63, 3.8) is 0 Å². The van der Waals surface area contributed by atoms with E-state index < -0.39 is 40.0 Å². The van der Waals surface area contributed by atoms with Crippen LogP contribution in [0, 0.1) is 0 Å². The lowest BCUT2D eigenvalue weighted by atomic mass is 9.78. The van der Waals surface area contributed by atoms with Gasteiger partial charge in [-0.25, -0.2) is 17.9 Å². The van der Waals surface area contributed by atoms with Crippen LogP contribution < -0.4 is 15.5 Å². The van der Waals surface area contributed by atoms with Gasteiger partial charge in [-0.15, -0.1) is 0 Å². The smallest absolute Gasteiger partial charge is 0.465 e. The van der Waals surface area contributed by atoms with Crippen molar-refractivity contribution in [2.75, 3.05) is 0 Å². The first-order valence-corrected chi connectivity index (χ1v) is 10.5. The standard InChI is InChI=1S/C18H29BN2O6S/c1-16(2,3)21-28(24,25)14-10-12(11-20-15(22)23)8-9-13(14)19-26-17(4,5)18(6,7)27-19/h8-10,20-21H,11H2,1-7H3,(H,22,23). The Hall–Kier alpha value is -1.62. The van der Waals surface area contributed by atoms with Crippen molar-refractivity contribution in [1.82, 2.24) is 10.0 Å². The monoisotopic (exact) mass is 412 g/mol. The Morgan fingerprint density at radius 3 is 2.14 bits per heavy atom. The van der Waals surface area contributed by atoms with Gasteiger partial charge in [0, 0.05) is 17.5 Å². The highest BCUT2D eigenvalue weighted by atomic mass is 32.2. The summed E-state index contributed by atoms with van der Waals surface area (Å²) >= 11 is 0. The summed E-state index contributed by atoms with van der Waals surface area (Å²) in [6.45, 7) is 12.8. The normalized spacial score (nSPS) is 18.9. The second kappa shape index (κ2) is 7.33. The van der Waals surface area contributed by atoms with E-state index >= 15 is 0 Å². The molecule has 1 aromatic rings. The number of hydrogen-bond acceptors (Lipinski definition) is 5. The SMILES string of the molecule is CC(C)(C)NS(=O)(=O)c1cc(CNC(=O)O)ccc1B1OC(C)(C)C(C)(C)O1. The summed E-state index contributed by atoms with van der Waals surface area (Å²) in [4.78, 5) is 10.8. The summed E-state index contributed by atoms with van der Waals surface area (Å²) in [6, 6.07) is 4.72. The van der Waals surface area contributed by atoms with Gasteiger partial charge < -0.3 is 19.7 Å². The van der Waals surface area contributed by atoms with Gasteiger partial charge in [-0.05, 0) is 60.1 Å². The highest BCUT2D eigenvalue weighted by Crippen LogP contribution is 2.37.